The molecule has 3 N–H and O–H groups in total. The number of nitrogens with zero attached hydrogens (tertiary/aromatic N) is 1. The minimum atomic E-state index is -0.296. The van der Waals surface area contributed by atoms with Crippen LogP contribution in [0.3, 0.4) is 0 Å². The van der Waals surface area contributed by atoms with Gasteiger partial charge < -0.3 is 15.1 Å². The van der Waals surface area contributed by atoms with Crippen molar-refractivity contribution in [3.8, 4) is 17.0 Å². The fourth-order valence-corrected chi connectivity index (χ4v) is 2.21. The second-order valence-corrected chi connectivity index (χ2v) is 4.63. The van der Waals surface area contributed by atoms with Crippen LogP contribution >= 0.6 is 11.6 Å². The van der Waals surface area contributed by atoms with Gasteiger partial charge in [-0.2, -0.15) is 0 Å². The van der Waals surface area contributed by atoms with E-state index in [1.165, 1.54) is 6.33 Å². The Hall–Kier alpha value is -2.27. The summed E-state index contributed by atoms with van der Waals surface area (Å²) in [5.74, 6) is -0.0211. The van der Waals surface area contributed by atoms with Crippen molar-refractivity contribution >= 4 is 22.5 Å². The fourth-order valence-electron chi connectivity index (χ4n) is 2.00. The Morgan fingerprint density at radius 3 is 2.84 bits per heavy atom. The summed E-state index contributed by atoms with van der Waals surface area (Å²) in [7, 11) is 0. The molecule has 2 aromatic heterocycles. The topological polar surface area (TPSA) is 81.8 Å². The zero-order valence-corrected chi connectivity index (χ0v) is 10.7. The van der Waals surface area contributed by atoms with E-state index in [0.717, 1.165) is 5.56 Å². The van der Waals surface area contributed by atoms with Crippen LogP contribution in [-0.4, -0.2) is 20.1 Å². The lowest BCUT2D eigenvalue weighted by Gasteiger charge is -2.06. The first-order valence-electron chi connectivity index (χ1n) is 5.63. The van der Waals surface area contributed by atoms with Gasteiger partial charge in [0.15, 0.2) is 0 Å². The molecule has 0 amide bonds. The maximum atomic E-state index is 11.6. The number of imidazole rings is 1. The van der Waals surface area contributed by atoms with Crippen LogP contribution < -0.4 is 5.56 Å². The minimum Gasteiger partial charge on any atom is -0.507 e. The summed E-state index contributed by atoms with van der Waals surface area (Å²) < 4.78 is 0. The molecule has 0 saturated heterocycles. The monoisotopic (exact) mass is 275 g/mol. The Balaban J connectivity index is 2.32. The first kappa shape index (κ1) is 11.8. The molecule has 0 unspecified atom stereocenters. The zero-order valence-electron chi connectivity index (χ0n) is 9.99. The molecule has 3 aromatic rings. The second kappa shape index (κ2) is 4.13. The maximum absolute atomic E-state index is 11.6. The molecule has 5 nitrogen and oxygen atoms in total. The maximum Gasteiger partial charge on any atom is 0.255 e. The van der Waals surface area contributed by atoms with Crippen molar-refractivity contribution in [1.29, 1.82) is 0 Å². The van der Waals surface area contributed by atoms with Gasteiger partial charge in [-0.1, -0.05) is 17.7 Å². The van der Waals surface area contributed by atoms with Crippen LogP contribution in [0.25, 0.3) is 22.2 Å². The summed E-state index contributed by atoms with van der Waals surface area (Å²) >= 11 is 5.98. The molecule has 3 rings (SSSR count). The zero-order chi connectivity index (χ0) is 13.6. The summed E-state index contributed by atoms with van der Waals surface area (Å²) in [6.45, 7) is 1.57. The first-order chi connectivity index (χ1) is 9.08. The number of hydrogen-bond donors (Lipinski definition) is 3. The van der Waals surface area contributed by atoms with Crippen LogP contribution in [0.15, 0.2) is 29.3 Å². The number of halogens is 1. The van der Waals surface area contributed by atoms with Crippen LogP contribution in [0.4, 0.5) is 0 Å². The molecule has 0 bridgehead atoms. The second-order valence-electron chi connectivity index (χ2n) is 4.25. The summed E-state index contributed by atoms with van der Waals surface area (Å²) in [6.07, 6.45) is 1.50. The minimum absolute atomic E-state index is 0.0211. The quantitative estimate of drug-likeness (QED) is 0.638. The van der Waals surface area contributed by atoms with Gasteiger partial charge in [0, 0.05) is 10.9 Å². The molecule has 0 aliphatic carbocycles. The normalized spacial score (nSPS) is 11.1. The number of aromatic nitrogens is 3. The highest BCUT2D eigenvalue weighted by Crippen LogP contribution is 2.30. The molecule has 1 aromatic carbocycles. The van der Waals surface area contributed by atoms with Gasteiger partial charge in [-0.05, 0) is 19.1 Å². The van der Waals surface area contributed by atoms with E-state index in [4.69, 9.17) is 11.6 Å². The molecule has 6 heteroatoms. The van der Waals surface area contributed by atoms with E-state index < -0.39 is 0 Å². The lowest BCUT2D eigenvalue weighted by molar-refractivity contribution is 0.476. The van der Waals surface area contributed by atoms with E-state index in [1.807, 2.05) is 0 Å². The molecule has 0 aliphatic rings. The Labute approximate surface area is 112 Å². The SMILES string of the molecule is Cc1c(O)c2cc(-c3nc[nH]c3Cl)ccc2[nH]c1=O. The molecule has 0 atom stereocenters. The van der Waals surface area contributed by atoms with Gasteiger partial charge in [0.2, 0.25) is 0 Å². The van der Waals surface area contributed by atoms with E-state index in [9.17, 15) is 9.90 Å². The standard InChI is InChI=1S/C13H10ClN3O2/c1-6-11(18)8-4-7(10-12(14)16-5-15-10)2-3-9(8)17-13(6)19/h2-5H,1H3,(H,15,16)(H2,17,18,19). The number of pyridine rings is 1. The number of nitrogens with one attached hydrogen (secondary N) is 2. The molecule has 0 aliphatic heterocycles. The van der Waals surface area contributed by atoms with Crippen LogP contribution in [-0.2, 0) is 0 Å². The molecule has 0 fully saturated rings. The van der Waals surface area contributed by atoms with E-state index in [-0.39, 0.29) is 16.9 Å². The number of aromatic amines is 2. The van der Waals surface area contributed by atoms with Gasteiger partial charge in [0.05, 0.1) is 17.4 Å². The van der Waals surface area contributed by atoms with Crippen molar-refractivity contribution in [2.24, 2.45) is 0 Å². The van der Waals surface area contributed by atoms with Crippen molar-refractivity contribution in [2.45, 2.75) is 6.92 Å². The van der Waals surface area contributed by atoms with Gasteiger partial charge in [0.1, 0.15) is 16.6 Å². The van der Waals surface area contributed by atoms with Crippen molar-refractivity contribution in [3.63, 3.8) is 0 Å². The van der Waals surface area contributed by atoms with Crippen LogP contribution in [0, 0.1) is 6.92 Å². The summed E-state index contributed by atoms with van der Waals surface area (Å²) in [5, 5.41) is 11.0. The lowest BCUT2D eigenvalue weighted by atomic mass is 10.1. The first-order valence-corrected chi connectivity index (χ1v) is 6.00. The number of H-pyrrole nitrogens is 2. The third kappa shape index (κ3) is 1.79. The van der Waals surface area contributed by atoms with Crippen LogP contribution in [0.1, 0.15) is 5.56 Å². The summed E-state index contributed by atoms with van der Waals surface area (Å²) in [5.41, 5.74) is 1.93. The third-order valence-corrected chi connectivity index (χ3v) is 3.37. The van der Waals surface area contributed by atoms with Crippen LogP contribution in [0.5, 0.6) is 5.75 Å². The van der Waals surface area contributed by atoms with Crippen molar-refractivity contribution in [2.75, 3.05) is 0 Å². The fraction of sp³-hybridized carbons (Fsp3) is 0.0769. The van der Waals surface area contributed by atoms with E-state index in [0.29, 0.717) is 21.7 Å². The predicted molar refractivity (Wildman–Crippen MR) is 73.6 cm³/mol. The molecule has 0 spiro atoms. The third-order valence-electron chi connectivity index (χ3n) is 3.08. The smallest absolute Gasteiger partial charge is 0.255 e. The molecule has 96 valence electrons. The number of fused-ring (bicyclic) bond motifs is 1. The van der Waals surface area contributed by atoms with E-state index in [1.54, 1.807) is 25.1 Å². The van der Waals surface area contributed by atoms with Crippen LogP contribution in [0.2, 0.25) is 5.15 Å². The number of hydrogen-bond acceptors (Lipinski definition) is 3. The Bertz CT molecular complexity index is 836. The number of rotatable bonds is 1. The van der Waals surface area contributed by atoms with Gasteiger partial charge >= 0.3 is 0 Å². The number of aromatic hydroxyl groups is 1. The number of benzene rings is 1. The van der Waals surface area contributed by atoms with Crippen molar-refractivity contribution in [1.82, 2.24) is 15.0 Å². The highest BCUT2D eigenvalue weighted by Gasteiger charge is 2.11. The largest absolute Gasteiger partial charge is 0.507 e. The molecule has 2 heterocycles. The van der Waals surface area contributed by atoms with Crippen molar-refractivity contribution in [3.05, 3.63) is 45.6 Å². The van der Waals surface area contributed by atoms with E-state index in [2.05, 4.69) is 15.0 Å². The Kier molecular flexibility index (Phi) is 2.57. The molecule has 0 radical (unpaired) electrons. The van der Waals surface area contributed by atoms with Gasteiger partial charge in [0.25, 0.3) is 5.56 Å². The molecular formula is C13H10ClN3O2. The summed E-state index contributed by atoms with van der Waals surface area (Å²) in [4.78, 5) is 21.2. The average Bonchev–Trinajstić information content (AvgIpc) is 2.82. The van der Waals surface area contributed by atoms with E-state index >= 15 is 0 Å². The molecule has 19 heavy (non-hydrogen) atoms. The highest BCUT2D eigenvalue weighted by atomic mass is 35.5. The average molecular weight is 276 g/mol. The van der Waals surface area contributed by atoms with Crippen molar-refractivity contribution < 1.29 is 5.11 Å². The predicted octanol–water partition coefficient (Wildman–Crippen LogP) is 2.59. The summed E-state index contributed by atoms with van der Waals surface area (Å²) in [6, 6.07) is 5.25. The van der Waals surface area contributed by atoms with Gasteiger partial charge in [-0.15, -0.1) is 0 Å². The Morgan fingerprint density at radius 2 is 2.16 bits per heavy atom. The highest BCUT2D eigenvalue weighted by molar-refractivity contribution is 6.31. The molecular weight excluding hydrogens is 266 g/mol. The lowest BCUT2D eigenvalue weighted by Crippen LogP contribution is -2.09. The molecule has 0 saturated carbocycles. The van der Waals surface area contributed by atoms with Gasteiger partial charge in [-0.25, -0.2) is 4.98 Å². The van der Waals surface area contributed by atoms with Gasteiger partial charge in [-0.3, -0.25) is 4.79 Å². The Morgan fingerprint density at radius 1 is 1.37 bits per heavy atom.